The van der Waals surface area contributed by atoms with Gasteiger partial charge in [0.1, 0.15) is 5.76 Å². The topological polar surface area (TPSA) is 83.7 Å². The molecule has 1 heterocycles. The molecule has 0 unspecified atom stereocenters. The maximum absolute atomic E-state index is 12.7. The van der Waals surface area contributed by atoms with E-state index in [0.29, 0.717) is 28.5 Å². The monoisotopic (exact) mass is 447 g/mol. The second kappa shape index (κ2) is 8.82. The number of hydrazone groups is 1. The fourth-order valence-electron chi connectivity index (χ4n) is 4.17. The largest absolute Gasteiger partial charge is 0.455 e. The van der Waals surface area contributed by atoms with Crippen LogP contribution in [-0.2, 0) is 6.42 Å². The second-order valence-electron chi connectivity index (χ2n) is 7.79. The number of amides is 2. The van der Waals surface area contributed by atoms with Gasteiger partial charge in [0, 0.05) is 28.6 Å². The van der Waals surface area contributed by atoms with Crippen molar-refractivity contribution in [2.75, 3.05) is 0 Å². The minimum absolute atomic E-state index is 0.176. The Morgan fingerprint density at radius 2 is 1.87 bits per heavy atom. The number of fused-ring (bicyclic) bond motifs is 1. The first-order valence-electron chi connectivity index (χ1n) is 10.2. The molecule has 1 aromatic heterocycles. The molecule has 2 aromatic rings. The summed E-state index contributed by atoms with van der Waals surface area (Å²) in [5.41, 5.74) is 5.15. The number of hydrogen-bond donors (Lipinski definition) is 2. The number of halogens is 2. The first kappa shape index (κ1) is 20.9. The molecule has 0 aliphatic heterocycles. The summed E-state index contributed by atoms with van der Waals surface area (Å²) in [6.07, 6.45) is 6.57. The van der Waals surface area contributed by atoms with Crippen LogP contribution in [0.3, 0.4) is 0 Å². The molecule has 2 aliphatic carbocycles. The van der Waals surface area contributed by atoms with Crippen molar-refractivity contribution in [2.45, 2.75) is 57.9 Å². The van der Waals surface area contributed by atoms with E-state index in [1.165, 1.54) is 6.07 Å². The first-order valence-corrected chi connectivity index (χ1v) is 10.9. The Bertz CT molecular complexity index is 1020. The Morgan fingerprint density at radius 3 is 2.60 bits per heavy atom. The quantitative estimate of drug-likeness (QED) is 0.643. The SMILES string of the molecule is Cc1c(C(=O)NC2CCCC2)oc2c1/C(=N/NC(=O)c1ccc(Cl)cc1Cl)CCC2. The number of hydrogen-bond acceptors (Lipinski definition) is 4. The molecule has 1 fully saturated rings. The van der Waals surface area contributed by atoms with Crippen molar-refractivity contribution in [1.82, 2.24) is 10.7 Å². The molecule has 0 saturated heterocycles. The standard InChI is InChI=1S/C22H23Cl2N3O3/c1-12-19-17(26-27-21(28)15-10-9-13(23)11-16(15)24)7-4-8-18(19)30-20(12)22(29)25-14-5-2-3-6-14/h9-11,14H,2-8H2,1H3,(H,25,29)(H,27,28)/b26-17+. The Labute approximate surface area is 185 Å². The van der Waals surface area contributed by atoms with E-state index in [9.17, 15) is 9.59 Å². The summed E-state index contributed by atoms with van der Waals surface area (Å²) in [6, 6.07) is 4.89. The summed E-state index contributed by atoms with van der Waals surface area (Å²) in [4.78, 5) is 25.2. The molecular formula is C22H23Cl2N3O3. The number of nitrogens with one attached hydrogen (secondary N) is 2. The van der Waals surface area contributed by atoms with Crippen LogP contribution in [0.15, 0.2) is 27.7 Å². The molecule has 8 heteroatoms. The van der Waals surface area contributed by atoms with Crippen LogP contribution >= 0.6 is 23.2 Å². The van der Waals surface area contributed by atoms with Gasteiger partial charge in [-0.15, -0.1) is 0 Å². The van der Waals surface area contributed by atoms with Gasteiger partial charge in [0.2, 0.25) is 0 Å². The van der Waals surface area contributed by atoms with Crippen LogP contribution in [0.1, 0.15) is 76.3 Å². The highest BCUT2D eigenvalue weighted by Crippen LogP contribution is 2.30. The van der Waals surface area contributed by atoms with Crippen LogP contribution in [0.5, 0.6) is 0 Å². The van der Waals surface area contributed by atoms with E-state index in [-0.39, 0.29) is 17.0 Å². The molecule has 0 atom stereocenters. The molecule has 0 radical (unpaired) electrons. The van der Waals surface area contributed by atoms with Gasteiger partial charge in [0.05, 0.1) is 16.3 Å². The van der Waals surface area contributed by atoms with Crippen molar-refractivity contribution < 1.29 is 14.0 Å². The summed E-state index contributed by atoms with van der Waals surface area (Å²) < 4.78 is 5.92. The lowest BCUT2D eigenvalue weighted by molar-refractivity contribution is 0.0906. The van der Waals surface area contributed by atoms with Gasteiger partial charge in [-0.2, -0.15) is 5.10 Å². The van der Waals surface area contributed by atoms with E-state index in [0.717, 1.165) is 55.4 Å². The fourth-order valence-corrected chi connectivity index (χ4v) is 4.66. The normalized spacial score (nSPS) is 17.8. The van der Waals surface area contributed by atoms with E-state index >= 15 is 0 Å². The van der Waals surface area contributed by atoms with Gasteiger partial charge < -0.3 is 9.73 Å². The lowest BCUT2D eigenvalue weighted by Gasteiger charge is -2.13. The zero-order chi connectivity index (χ0) is 21.3. The number of nitrogens with zero attached hydrogens (tertiary/aromatic N) is 1. The van der Waals surface area contributed by atoms with Crippen LogP contribution < -0.4 is 10.7 Å². The van der Waals surface area contributed by atoms with Gasteiger partial charge in [-0.3, -0.25) is 9.59 Å². The average Bonchev–Trinajstić information content (AvgIpc) is 3.34. The maximum Gasteiger partial charge on any atom is 0.287 e. The van der Waals surface area contributed by atoms with E-state index < -0.39 is 5.91 Å². The Hall–Kier alpha value is -2.31. The highest BCUT2D eigenvalue weighted by atomic mass is 35.5. The van der Waals surface area contributed by atoms with E-state index in [4.69, 9.17) is 27.6 Å². The van der Waals surface area contributed by atoms with Crippen molar-refractivity contribution in [2.24, 2.45) is 5.10 Å². The summed E-state index contributed by atoms with van der Waals surface area (Å²) in [5.74, 6) is 0.489. The zero-order valence-corrected chi connectivity index (χ0v) is 18.2. The highest BCUT2D eigenvalue weighted by Gasteiger charge is 2.29. The summed E-state index contributed by atoms with van der Waals surface area (Å²) in [7, 11) is 0. The van der Waals surface area contributed by atoms with E-state index in [1.54, 1.807) is 12.1 Å². The predicted molar refractivity (Wildman–Crippen MR) is 117 cm³/mol. The molecule has 0 spiro atoms. The molecule has 2 N–H and O–H groups in total. The lowest BCUT2D eigenvalue weighted by atomic mass is 9.93. The third kappa shape index (κ3) is 4.25. The van der Waals surface area contributed by atoms with Crippen LogP contribution in [0.25, 0.3) is 0 Å². The molecule has 158 valence electrons. The maximum atomic E-state index is 12.7. The number of rotatable bonds is 4. The summed E-state index contributed by atoms with van der Waals surface area (Å²) in [6.45, 7) is 1.87. The van der Waals surface area contributed by atoms with Crippen LogP contribution in [0.2, 0.25) is 10.0 Å². The molecule has 4 rings (SSSR count). The van der Waals surface area contributed by atoms with Crippen LogP contribution in [-0.4, -0.2) is 23.6 Å². The molecule has 6 nitrogen and oxygen atoms in total. The van der Waals surface area contributed by atoms with Crippen molar-refractivity contribution in [1.29, 1.82) is 0 Å². The van der Waals surface area contributed by atoms with Crippen molar-refractivity contribution >= 4 is 40.7 Å². The Kier molecular flexibility index (Phi) is 6.16. The van der Waals surface area contributed by atoms with Gasteiger partial charge in [0.25, 0.3) is 11.8 Å². The highest BCUT2D eigenvalue weighted by molar-refractivity contribution is 6.36. The fraction of sp³-hybridized carbons (Fsp3) is 0.409. The third-order valence-corrected chi connectivity index (χ3v) is 6.24. The van der Waals surface area contributed by atoms with Crippen molar-refractivity contribution in [3.05, 3.63) is 56.5 Å². The number of benzene rings is 1. The second-order valence-corrected chi connectivity index (χ2v) is 8.63. The molecule has 2 aliphatic rings. The molecule has 1 saturated carbocycles. The third-order valence-electron chi connectivity index (χ3n) is 5.69. The van der Waals surface area contributed by atoms with Gasteiger partial charge in [-0.1, -0.05) is 36.0 Å². The Morgan fingerprint density at radius 1 is 1.10 bits per heavy atom. The number of furan rings is 1. The number of carbonyl (C=O) groups is 2. The smallest absolute Gasteiger partial charge is 0.287 e. The number of carbonyl (C=O) groups excluding carboxylic acids is 2. The molecule has 2 amide bonds. The molecule has 1 aromatic carbocycles. The molecule has 30 heavy (non-hydrogen) atoms. The van der Waals surface area contributed by atoms with Gasteiger partial charge >= 0.3 is 0 Å². The summed E-state index contributed by atoms with van der Waals surface area (Å²) >= 11 is 12.0. The average molecular weight is 448 g/mol. The molecule has 0 bridgehead atoms. The van der Waals surface area contributed by atoms with Crippen LogP contribution in [0.4, 0.5) is 0 Å². The van der Waals surface area contributed by atoms with Gasteiger partial charge in [0.15, 0.2) is 5.76 Å². The zero-order valence-electron chi connectivity index (χ0n) is 16.7. The minimum atomic E-state index is -0.420. The number of aryl methyl sites for hydroxylation is 1. The predicted octanol–water partition coefficient (Wildman–Crippen LogP) is 5.04. The summed E-state index contributed by atoms with van der Waals surface area (Å²) in [5, 5.41) is 8.12. The van der Waals surface area contributed by atoms with Crippen molar-refractivity contribution in [3.8, 4) is 0 Å². The van der Waals surface area contributed by atoms with E-state index in [2.05, 4.69) is 15.8 Å². The minimum Gasteiger partial charge on any atom is -0.455 e. The molecular weight excluding hydrogens is 425 g/mol. The van der Waals surface area contributed by atoms with Crippen LogP contribution in [0, 0.1) is 6.92 Å². The van der Waals surface area contributed by atoms with Crippen molar-refractivity contribution in [3.63, 3.8) is 0 Å². The lowest BCUT2D eigenvalue weighted by Crippen LogP contribution is -2.32. The van der Waals surface area contributed by atoms with E-state index in [1.807, 2.05) is 6.92 Å². The Balaban J connectivity index is 1.55. The van der Waals surface area contributed by atoms with Gasteiger partial charge in [-0.25, -0.2) is 5.43 Å². The van der Waals surface area contributed by atoms with Gasteiger partial charge in [-0.05, 0) is 50.8 Å². The first-order chi connectivity index (χ1) is 14.4.